The molecule has 0 atom stereocenters. The van der Waals surface area contributed by atoms with Crippen LogP contribution in [0.25, 0.3) is 0 Å². The number of nitrogens with zero attached hydrogens (tertiary/aromatic N) is 3. The molecule has 2 rings (SSSR count). The van der Waals surface area contributed by atoms with Gasteiger partial charge < -0.3 is 9.80 Å². The number of hydrogen-bond acceptors (Lipinski definition) is 3. The van der Waals surface area contributed by atoms with Crippen molar-refractivity contribution in [3.8, 4) is 0 Å². The highest BCUT2D eigenvalue weighted by Crippen LogP contribution is 2.36. The van der Waals surface area contributed by atoms with Gasteiger partial charge >= 0.3 is 12.4 Å². The maximum absolute atomic E-state index is 12.9. The number of carbonyl (C=O) groups is 1. The standard InChI is InChI=1S/C17H14F7N3O/c1-26(9-15(28)27(2)12-5-3-11(18)4-6-12)14-8-10(16(19,20)21)7-13(25-14)17(22,23)24/h3-8H,9H2,1-2H3. The lowest BCUT2D eigenvalue weighted by molar-refractivity contribution is -0.145. The predicted molar refractivity (Wildman–Crippen MR) is 87.3 cm³/mol. The van der Waals surface area contributed by atoms with Crippen molar-refractivity contribution in [3.63, 3.8) is 0 Å². The third-order valence-electron chi connectivity index (χ3n) is 3.78. The maximum atomic E-state index is 12.9. The summed E-state index contributed by atoms with van der Waals surface area (Å²) in [6.07, 6.45) is -10.1. The molecule has 0 fully saturated rings. The molecule has 11 heteroatoms. The van der Waals surface area contributed by atoms with Crippen LogP contribution < -0.4 is 9.80 Å². The van der Waals surface area contributed by atoms with Gasteiger partial charge in [0, 0.05) is 19.8 Å². The Kier molecular flexibility index (Phi) is 5.86. The molecule has 1 aromatic carbocycles. The van der Waals surface area contributed by atoms with E-state index in [1.54, 1.807) is 0 Å². The number of rotatable bonds is 4. The molecule has 1 heterocycles. The highest BCUT2D eigenvalue weighted by Gasteiger charge is 2.38. The number of halogens is 7. The van der Waals surface area contributed by atoms with Crippen LogP contribution in [0.1, 0.15) is 11.3 Å². The summed E-state index contributed by atoms with van der Waals surface area (Å²) < 4.78 is 90.4. The minimum Gasteiger partial charge on any atom is -0.350 e. The van der Waals surface area contributed by atoms with Crippen molar-refractivity contribution in [1.29, 1.82) is 0 Å². The van der Waals surface area contributed by atoms with E-state index in [1.807, 2.05) is 0 Å². The fourth-order valence-electron chi connectivity index (χ4n) is 2.22. The normalized spacial score (nSPS) is 12.0. The molecule has 1 amide bonds. The van der Waals surface area contributed by atoms with Crippen molar-refractivity contribution in [1.82, 2.24) is 4.98 Å². The Morgan fingerprint density at radius 2 is 1.54 bits per heavy atom. The first-order valence-corrected chi connectivity index (χ1v) is 7.69. The number of anilines is 2. The zero-order chi connectivity index (χ0) is 21.3. The molecule has 2 aromatic rings. The van der Waals surface area contributed by atoms with E-state index < -0.39 is 47.7 Å². The highest BCUT2D eigenvalue weighted by atomic mass is 19.4. The Labute approximate surface area is 155 Å². The minimum absolute atomic E-state index is 0.0935. The summed E-state index contributed by atoms with van der Waals surface area (Å²) in [6, 6.07) is 5.15. The summed E-state index contributed by atoms with van der Waals surface area (Å²) in [7, 11) is 2.48. The van der Waals surface area contributed by atoms with E-state index >= 15 is 0 Å². The topological polar surface area (TPSA) is 36.4 Å². The SMILES string of the molecule is CN(CC(=O)N(C)c1ccc(F)cc1)c1cc(C(F)(F)F)cc(C(F)(F)F)n1. The van der Waals surface area contributed by atoms with Gasteiger partial charge in [0.1, 0.15) is 17.3 Å². The Bertz CT molecular complexity index is 815. The molecule has 0 bridgehead atoms. The van der Waals surface area contributed by atoms with Gasteiger partial charge in [0.25, 0.3) is 0 Å². The number of likely N-dealkylation sites (N-methyl/N-ethyl adjacent to an activating group) is 2. The molecule has 0 aliphatic carbocycles. The second kappa shape index (κ2) is 7.64. The second-order valence-corrected chi connectivity index (χ2v) is 5.88. The number of carbonyl (C=O) groups excluding carboxylic acids is 1. The minimum atomic E-state index is -5.09. The summed E-state index contributed by atoms with van der Waals surface area (Å²) in [5, 5.41) is 0. The van der Waals surface area contributed by atoms with Crippen molar-refractivity contribution in [2.45, 2.75) is 12.4 Å². The van der Waals surface area contributed by atoms with Gasteiger partial charge in [-0.15, -0.1) is 0 Å². The van der Waals surface area contributed by atoms with E-state index in [0.29, 0.717) is 11.8 Å². The third-order valence-corrected chi connectivity index (χ3v) is 3.78. The summed E-state index contributed by atoms with van der Waals surface area (Å²) >= 11 is 0. The molecule has 1 aromatic heterocycles. The Morgan fingerprint density at radius 3 is 2.04 bits per heavy atom. The molecule has 0 radical (unpaired) electrons. The molecule has 0 saturated carbocycles. The first kappa shape index (κ1) is 21.5. The van der Waals surface area contributed by atoms with E-state index in [9.17, 15) is 35.5 Å². The predicted octanol–water partition coefficient (Wildman–Crippen LogP) is 4.36. The van der Waals surface area contributed by atoms with Gasteiger partial charge in [0.05, 0.1) is 12.1 Å². The fourth-order valence-corrected chi connectivity index (χ4v) is 2.22. The zero-order valence-corrected chi connectivity index (χ0v) is 14.6. The molecule has 0 N–H and O–H groups in total. The fraction of sp³-hybridized carbons (Fsp3) is 0.294. The van der Waals surface area contributed by atoms with Gasteiger partial charge in [0.15, 0.2) is 0 Å². The van der Waals surface area contributed by atoms with Crippen LogP contribution in [0.3, 0.4) is 0 Å². The molecule has 4 nitrogen and oxygen atoms in total. The van der Waals surface area contributed by atoms with Gasteiger partial charge in [-0.1, -0.05) is 0 Å². The summed E-state index contributed by atoms with van der Waals surface area (Å²) in [5.74, 6) is -1.85. The van der Waals surface area contributed by atoms with Crippen LogP contribution in [0.15, 0.2) is 36.4 Å². The molecular formula is C17H14F7N3O. The van der Waals surface area contributed by atoms with Crippen LogP contribution in [0.2, 0.25) is 0 Å². The molecule has 0 aliphatic rings. The Hall–Kier alpha value is -2.85. The van der Waals surface area contributed by atoms with Crippen LogP contribution >= 0.6 is 0 Å². The van der Waals surface area contributed by atoms with Crippen molar-refractivity contribution < 1.29 is 35.5 Å². The number of aromatic nitrogens is 1. The largest absolute Gasteiger partial charge is 0.433 e. The average molecular weight is 409 g/mol. The van der Waals surface area contributed by atoms with Crippen molar-refractivity contribution in [2.24, 2.45) is 0 Å². The van der Waals surface area contributed by atoms with Gasteiger partial charge in [-0.05, 0) is 36.4 Å². The Morgan fingerprint density at radius 1 is 0.964 bits per heavy atom. The lowest BCUT2D eigenvalue weighted by Gasteiger charge is -2.24. The summed E-state index contributed by atoms with van der Waals surface area (Å²) in [6.45, 7) is -0.556. The summed E-state index contributed by atoms with van der Waals surface area (Å²) in [4.78, 5) is 17.4. The van der Waals surface area contributed by atoms with Crippen LogP contribution in [-0.2, 0) is 17.1 Å². The lowest BCUT2D eigenvalue weighted by Crippen LogP contribution is -2.37. The van der Waals surface area contributed by atoms with E-state index in [2.05, 4.69) is 4.98 Å². The van der Waals surface area contributed by atoms with Crippen LogP contribution in [0.5, 0.6) is 0 Å². The lowest BCUT2D eigenvalue weighted by atomic mass is 10.2. The number of alkyl halides is 6. The molecule has 28 heavy (non-hydrogen) atoms. The van der Waals surface area contributed by atoms with Gasteiger partial charge in [-0.3, -0.25) is 4.79 Å². The third kappa shape index (κ3) is 5.11. The monoisotopic (exact) mass is 409 g/mol. The first-order chi connectivity index (χ1) is 12.8. The zero-order valence-electron chi connectivity index (χ0n) is 14.6. The second-order valence-electron chi connectivity index (χ2n) is 5.88. The van der Waals surface area contributed by atoms with Crippen LogP contribution in [0.4, 0.5) is 42.2 Å². The molecule has 0 spiro atoms. The maximum Gasteiger partial charge on any atom is 0.433 e. The number of benzene rings is 1. The van der Waals surface area contributed by atoms with Gasteiger partial charge in [-0.25, -0.2) is 9.37 Å². The van der Waals surface area contributed by atoms with E-state index in [1.165, 1.54) is 19.2 Å². The average Bonchev–Trinajstić information content (AvgIpc) is 2.59. The quantitative estimate of drug-likeness (QED) is 0.705. The van der Waals surface area contributed by atoms with Crippen LogP contribution in [-0.4, -0.2) is 31.5 Å². The molecule has 0 aliphatic heterocycles. The van der Waals surface area contributed by atoms with Crippen LogP contribution in [0, 0.1) is 5.82 Å². The van der Waals surface area contributed by atoms with E-state index in [-0.39, 0.29) is 6.07 Å². The smallest absolute Gasteiger partial charge is 0.350 e. The first-order valence-electron chi connectivity index (χ1n) is 7.69. The van der Waals surface area contributed by atoms with E-state index in [0.717, 1.165) is 29.0 Å². The number of pyridine rings is 1. The number of hydrogen-bond donors (Lipinski definition) is 0. The highest BCUT2D eigenvalue weighted by molar-refractivity contribution is 5.95. The Balaban J connectivity index is 2.28. The summed E-state index contributed by atoms with van der Waals surface area (Å²) in [5.41, 5.74) is -2.95. The van der Waals surface area contributed by atoms with Gasteiger partial charge in [-0.2, -0.15) is 26.3 Å². The van der Waals surface area contributed by atoms with Crippen molar-refractivity contribution in [2.75, 3.05) is 30.4 Å². The molecular weight excluding hydrogens is 395 g/mol. The van der Waals surface area contributed by atoms with Crippen molar-refractivity contribution >= 4 is 17.4 Å². The van der Waals surface area contributed by atoms with E-state index in [4.69, 9.17) is 0 Å². The molecule has 152 valence electrons. The van der Waals surface area contributed by atoms with Crippen molar-refractivity contribution in [3.05, 3.63) is 53.5 Å². The molecule has 0 saturated heterocycles. The molecule has 0 unspecified atom stereocenters. The van der Waals surface area contributed by atoms with Gasteiger partial charge in [0.2, 0.25) is 5.91 Å². The number of amides is 1.